The first-order chi connectivity index (χ1) is 7.86. The summed E-state index contributed by atoms with van der Waals surface area (Å²) in [6.45, 7) is 0.610. The highest BCUT2D eigenvalue weighted by Gasteiger charge is 1.95. The van der Waals surface area contributed by atoms with Crippen molar-refractivity contribution < 1.29 is 9.47 Å². The van der Waals surface area contributed by atoms with Crippen molar-refractivity contribution in [3.63, 3.8) is 0 Å². The van der Waals surface area contributed by atoms with E-state index in [1.807, 2.05) is 42.5 Å². The molecule has 0 spiro atoms. The van der Waals surface area contributed by atoms with Gasteiger partial charge in [-0.2, -0.15) is 0 Å². The van der Waals surface area contributed by atoms with Crippen LogP contribution in [0.3, 0.4) is 0 Å². The molecule has 0 aliphatic rings. The van der Waals surface area contributed by atoms with E-state index in [9.17, 15) is 0 Å². The minimum absolute atomic E-state index is 0.00430. The van der Waals surface area contributed by atoms with Gasteiger partial charge >= 0.3 is 0 Å². The van der Waals surface area contributed by atoms with Crippen LogP contribution in [0.25, 0.3) is 6.08 Å². The zero-order valence-electron chi connectivity index (χ0n) is 9.80. The van der Waals surface area contributed by atoms with Gasteiger partial charge in [0.05, 0.1) is 12.7 Å². The van der Waals surface area contributed by atoms with Gasteiger partial charge in [-0.15, -0.1) is 0 Å². The van der Waals surface area contributed by atoms with Crippen molar-refractivity contribution in [3.8, 4) is 0 Å². The van der Waals surface area contributed by atoms with Crippen LogP contribution in [0.1, 0.15) is 5.56 Å². The standard InChI is InChI=1S/C14H18O2/c1-15-12-6-9-14(16-2)11-10-13-7-4-3-5-8-13/h3-11,14H,12H2,1-2H3. The van der Waals surface area contributed by atoms with Crippen molar-refractivity contribution in [3.05, 3.63) is 54.1 Å². The number of rotatable bonds is 6. The van der Waals surface area contributed by atoms with E-state index in [1.165, 1.54) is 5.56 Å². The predicted molar refractivity (Wildman–Crippen MR) is 67.3 cm³/mol. The van der Waals surface area contributed by atoms with E-state index in [2.05, 4.69) is 12.1 Å². The van der Waals surface area contributed by atoms with Crippen molar-refractivity contribution in [2.75, 3.05) is 20.8 Å². The Balaban J connectivity index is 2.53. The minimum Gasteiger partial charge on any atom is -0.381 e. The molecule has 0 bridgehead atoms. The first kappa shape index (κ1) is 12.7. The maximum Gasteiger partial charge on any atom is 0.0937 e. The molecule has 2 heteroatoms. The van der Waals surface area contributed by atoms with Crippen LogP contribution >= 0.6 is 0 Å². The number of hydrogen-bond donors (Lipinski definition) is 0. The average Bonchev–Trinajstić information content (AvgIpc) is 2.35. The van der Waals surface area contributed by atoms with E-state index >= 15 is 0 Å². The third kappa shape index (κ3) is 4.91. The molecule has 1 aromatic carbocycles. The van der Waals surface area contributed by atoms with Crippen molar-refractivity contribution in [2.45, 2.75) is 6.10 Å². The van der Waals surface area contributed by atoms with Gasteiger partial charge < -0.3 is 9.47 Å². The summed E-state index contributed by atoms with van der Waals surface area (Å²) in [4.78, 5) is 0. The number of benzene rings is 1. The first-order valence-corrected chi connectivity index (χ1v) is 5.28. The first-order valence-electron chi connectivity index (χ1n) is 5.28. The summed E-state index contributed by atoms with van der Waals surface area (Å²) in [5.74, 6) is 0. The maximum atomic E-state index is 5.29. The van der Waals surface area contributed by atoms with E-state index in [-0.39, 0.29) is 6.10 Å². The highest BCUT2D eigenvalue weighted by Crippen LogP contribution is 2.04. The van der Waals surface area contributed by atoms with E-state index in [4.69, 9.17) is 9.47 Å². The highest BCUT2D eigenvalue weighted by molar-refractivity contribution is 5.49. The maximum absolute atomic E-state index is 5.29. The molecular formula is C14H18O2. The normalized spacial score (nSPS) is 13.6. The average molecular weight is 218 g/mol. The lowest BCUT2D eigenvalue weighted by atomic mass is 10.2. The van der Waals surface area contributed by atoms with Crippen LogP contribution in [0.5, 0.6) is 0 Å². The highest BCUT2D eigenvalue weighted by atomic mass is 16.5. The fourth-order valence-electron chi connectivity index (χ4n) is 1.28. The summed E-state index contributed by atoms with van der Waals surface area (Å²) < 4.78 is 10.2. The Morgan fingerprint density at radius 3 is 2.50 bits per heavy atom. The zero-order valence-corrected chi connectivity index (χ0v) is 9.80. The van der Waals surface area contributed by atoms with Crippen LogP contribution in [0.15, 0.2) is 48.6 Å². The minimum atomic E-state index is -0.00430. The predicted octanol–water partition coefficient (Wildman–Crippen LogP) is 2.92. The Kier molecular flexibility index (Phi) is 6.23. The van der Waals surface area contributed by atoms with Crippen LogP contribution in [-0.4, -0.2) is 26.9 Å². The largest absolute Gasteiger partial charge is 0.381 e. The molecule has 0 aliphatic carbocycles. The van der Waals surface area contributed by atoms with Crippen LogP contribution in [0.4, 0.5) is 0 Å². The quantitative estimate of drug-likeness (QED) is 0.683. The fraction of sp³-hybridized carbons (Fsp3) is 0.286. The summed E-state index contributed by atoms with van der Waals surface area (Å²) in [5.41, 5.74) is 1.17. The molecule has 0 saturated heterocycles. The van der Waals surface area contributed by atoms with Gasteiger partial charge in [-0.1, -0.05) is 54.6 Å². The Bertz CT molecular complexity index is 328. The SMILES string of the molecule is COCC=CC(C=Cc1ccccc1)OC. The second kappa shape index (κ2) is 7.85. The third-order valence-electron chi connectivity index (χ3n) is 2.14. The summed E-state index contributed by atoms with van der Waals surface area (Å²) in [6, 6.07) is 10.2. The van der Waals surface area contributed by atoms with Crippen molar-refractivity contribution in [2.24, 2.45) is 0 Å². The van der Waals surface area contributed by atoms with E-state index in [0.717, 1.165) is 0 Å². The van der Waals surface area contributed by atoms with Gasteiger partial charge in [-0.05, 0) is 5.56 Å². The van der Waals surface area contributed by atoms with Crippen molar-refractivity contribution in [1.82, 2.24) is 0 Å². The molecule has 0 aromatic heterocycles. The summed E-state index contributed by atoms with van der Waals surface area (Å²) >= 11 is 0. The summed E-state index contributed by atoms with van der Waals surface area (Å²) in [7, 11) is 3.36. The molecule has 0 N–H and O–H groups in total. The Morgan fingerprint density at radius 2 is 1.88 bits per heavy atom. The summed E-state index contributed by atoms with van der Waals surface area (Å²) in [5, 5.41) is 0. The second-order valence-corrected chi connectivity index (χ2v) is 3.35. The molecule has 0 saturated carbocycles. The molecule has 0 fully saturated rings. The molecule has 1 atom stereocenters. The molecule has 1 aromatic rings. The molecule has 86 valence electrons. The second-order valence-electron chi connectivity index (χ2n) is 3.35. The number of hydrogen-bond acceptors (Lipinski definition) is 2. The number of ether oxygens (including phenoxy) is 2. The lowest BCUT2D eigenvalue weighted by Gasteiger charge is -2.04. The van der Waals surface area contributed by atoms with E-state index in [0.29, 0.717) is 6.61 Å². The van der Waals surface area contributed by atoms with Gasteiger partial charge in [-0.25, -0.2) is 0 Å². The van der Waals surface area contributed by atoms with Crippen molar-refractivity contribution >= 4 is 6.08 Å². The monoisotopic (exact) mass is 218 g/mol. The Hall–Kier alpha value is -1.38. The molecule has 1 unspecified atom stereocenters. The molecule has 0 amide bonds. The van der Waals surface area contributed by atoms with Gasteiger partial charge in [0.2, 0.25) is 0 Å². The zero-order chi connectivity index (χ0) is 11.6. The van der Waals surface area contributed by atoms with Crippen LogP contribution in [-0.2, 0) is 9.47 Å². The van der Waals surface area contributed by atoms with Gasteiger partial charge in [0.1, 0.15) is 0 Å². The third-order valence-corrected chi connectivity index (χ3v) is 2.14. The molecule has 0 heterocycles. The Labute approximate surface area is 97.2 Å². The Morgan fingerprint density at radius 1 is 1.12 bits per heavy atom. The van der Waals surface area contributed by atoms with Crippen LogP contribution < -0.4 is 0 Å². The van der Waals surface area contributed by atoms with E-state index in [1.54, 1.807) is 14.2 Å². The van der Waals surface area contributed by atoms with E-state index < -0.39 is 0 Å². The van der Waals surface area contributed by atoms with Gasteiger partial charge in [0.25, 0.3) is 0 Å². The van der Waals surface area contributed by atoms with Crippen LogP contribution in [0, 0.1) is 0 Å². The lowest BCUT2D eigenvalue weighted by molar-refractivity contribution is 0.176. The molecule has 16 heavy (non-hydrogen) atoms. The van der Waals surface area contributed by atoms with Gasteiger partial charge in [-0.3, -0.25) is 0 Å². The number of methoxy groups -OCH3 is 2. The van der Waals surface area contributed by atoms with Gasteiger partial charge in [0.15, 0.2) is 0 Å². The summed E-state index contributed by atoms with van der Waals surface area (Å²) in [6.07, 6.45) is 7.98. The fourth-order valence-corrected chi connectivity index (χ4v) is 1.28. The molecular weight excluding hydrogens is 200 g/mol. The molecule has 2 nitrogen and oxygen atoms in total. The van der Waals surface area contributed by atoms with Crippen molar-refractivity contribution in [1.29, 1.82) is 0 Å². The molecule has 0 radical (unpaired) electrons. The smallest absolute Gasteiger partial charge is 0.0937 e. The van der Waals surface area contributed by atoms with Crippen LogP contribution in [0.2, 0.25) is 0 Å². The molecule has 0 aliphatic heterocycles. The molecule has 1 rings (SSSR count). The lowest BCUT2D eigenvalue weighted by Crippen LogP contribution is -2.02. The topological polar surface area (TPSA) is 18.5 Å². The van der Waals surface area contributed by atoms with Gasteiger partial charge in [0, 0.05) is 14.2 Å².